The largest absolute Gasteiger partial charge is 0.307 e. The van der Waals surface area contributed by atoms with E-state index in [1.54, 1.807) is 34.4 Å². The molecule has 5 nitrogen and oxygen atoms in total. The molecule has 0 bridgehead atoms. The first-order valence-electron chi connectivity index (χ1n) is 7.01. The van der Waals surface area contributed by atoms with Crippen LogP contribution in [0.1, 0.15) is 24.9 Å². The number of para-hydroxylation sites is 1. The predicted molar refractivity (Wildman–Crippen MR) is 89.9 cm³/mol. The van der Waals surface area contributed by atoms with Gasteiger partial charge >= 0.3 is 0 Å². The number of thiazole rings is 1. The Morgan fingerprint density at radius 3 is 2.91 bits per heavy atom. The Hall–Kier alpha value is -2.47. The highest BCUT2D eigenvalue weighted by atomic mass is 32.1. The van der Waals surface area contributed by atoms with Gasteiger partial charge in [0, 0.05) is 18.2 Å². The lowest BCUT2D eigenvalue weighted by molar-refractivity contribution is -0.111. The molecule has 0 aliphatic carbocycles. The second kappa shape index (κ2) is 6.11. The molecule has 2 aromatic heterocycles. The molecule has 1 N–H and O–H groups in total. The molecule has 1 aromatic carbocycles. The summed E-state index contributed by atoms with van der Waals surface area (Å²) < 4.78 is 2.88. The number of hydrogen-bond acceptors (Lipinski definition) is 4. The van der Waals surface area contributed by atoms with E-state index in [2.05, 4.69) is 15.4 Å². The number of benzene rings is 1. The van der Waals surface area contributed by atoms with Gasteiger partial charge in [-0.3, -0.25) is 4.79 Å². The van der Waals surface area contributed by atoms with Gasteiger partial charge < -0.3 is 5.32 Å². The second-order valence-corrected chi connectivity index (χ2v) is 6.16. The standard InChI is InChI=1S/C16H16N4OS/c1-11(2)20-14(9-10-17-20)19-15(21)7-8-16-18-12-5-3-4-6-13(12)22-16/h3-11H,1-2H3,(H,19,21). The summed E-state index contributed by atoms with van der Waals surface area (Å²) >= 11 is 1.56. The fourth-order valence-corrected chi connectivity index (χ4v) is 2.97. The van der Waals surface area contributed by atoms with E-state index in [1.807, 2.05) is 38.1 Å². The summed E-state index contributed by atoms with van der Waals surface area (Å²) in [4.78, 5) is 16.5. The number of nitrogens with one attached hydrogen (secondary N) is 1. The Labute approximate surface area is 132 Å². The first kappa shape index (κ1) is 14.5. The SMILES string of the molecule is CC(C)n1nccc1NC(=O)C=Cc1nc2ccccc2s1. The van der Waals surface area contributed by atoms with Crippen molar-refractivity contribution in [1.29, 1.82) is 0 Å². The van der Waals surface area contributed by atoms with Crippen LogP contribution in [0.4, 0.5) is 5.82 Å². The van der Waals surface area contributed by atoms with Gasteiger partial charge in [-0.2, -0.15) is 5.10 Å². The fraction of sp³-hybridized carbons (Fsp3) is 0.188. The van der Waals surface area contributed by atoms with E-state index in [4.69, 9.17) is 0 Å². The Bertz CT molecular complexity index is 798. The maximum absolute atomic E-state index is 12.0. The van der Waals surface area contributed by atoms with Gasteiger partial charge in [0.1, 0.15) is 10.8 Å². The Kier molecular flexibility index (Phi) is 4.02. The molecule has 2 heterocycles. The molecule has 1 amide bonds. The number of aromatic nitrogens is 3. The molecule has 112 valence electrons. The summed E-state index contributed by atoms with van der Waals surface area (Å²) in [5.74, 6) is 0.496. The molecule has 0 unspecified atom stereocenters. The quantitative estimate of drug-likeness (QED) is 0.747. The van der Waals surface area contributed by atoms with E-state index in [0.717, 1.165) is 15.2 Å². The molecule has 0 fully saturated rings. The molecule has 0 saturated heterocycles. The van der Waals surface area contributed by atoms with E-state index in [1.165, 1.54) is 6.08 Å². The van der Waals surface area contributed by atoms with E-state index < -0.39 is 0 Å². The summed E-state index contributed by atoms with van der Waals surface area (Å²) in [6.45, 7) is 4.03. The van der Waals surface area contributed by atoms with Crippen molar-refractivity contribution in [3.63, 3.8) is 0 Å². The van der Waals surface area contributed by atoms with Gasteiger partial charge in [-0.05, 0) is 32.1 Å². The van der Waals surface area contributed by atoms with Gasteiger partial charge in [-0.15, -0.1) is 11.3 Å². The molecular formula is C16H16N4OS. The van der Waals surface area contributed by atoms with Gasteiger partial charge in [0.25, 0.3) is 0 Å². The monoisotopic (exact) mass is 312 g/mol. The number of carbonyl (C=O) groups is 1. The average molecular weight is 312 g/mol. The minimum atomic E-state index is -0.193. The lowest BCUT2D eigenvalue weighted by Gasteiger charge is -2.10. The second-order valence-electron chi connectivity index (χ2n) is 5.10. The molecule has 3 rings (SSSR count). The minimum Gasteiger partial charge on any atom is -0.307 e. The molecule has 0 atom stereocenters. The lowest BCUT2D eigenvalue weighted by atomic mass is 10.3. The van der Waals surface area contributed by atoms with Crippen LogP contribution in [-0.2, 0) is 4.79 Å². The molecule has 0 radical (unpaired) electrons. The van der Waals surface area contributed by atoms with Crippen LogP contribution < -0.4 is 5.32 Å². The summed E-state index contributed by atoms with van der Waals surface area (Å²) in [5, 5.41) is 7.82. The number of hydrogen-bond donors (Lipinski definition) is 1. The van der Waals surface area contributed by atoms with Gasteiger partial charge in [0.05, 0.1) is 16.4 Å². The van der Waals surface area contributed by atoms with Crippen molar-refractivity contribution in [1.82, 2.24) is 14.8 Å². The Morgan fingerprint density at radius 2 is 2.14 bits per heavy atom. The van der Waals surface area contributed by atoms with Crippen molar-refractivity contribution < 1.29 is 4.79 Å². The van der Waals surface area contributed by atoms with Crippen LogP contribution in [0.3, 0.4) is 0 Å². The van der Waals surface area contributed by atoms with Crippen molar-refractivity contribution in [2.24, 2.45) is 0 Å². The van der Waals surface area contributed by atoms with Crippen LogP contribution in [-0.4, -0.2) is 20.7 Å². The van der Waals surface area contributed by atoms with Crippen LogP contribution in [0.15, 0.2) is 42.6 Å². The maximum Gasteiger partial charge on any atom is 0.249 e. The molecule has 22 heavy (non-hydrogen) atoms. The van der Waals surface area contributed by atoms with Crippen LogP contribution in [0.25, 0.3) is 16.3 Å². The number of fused-ring (bicyclic) bond motifs is 1. The van der Waals surface area contributed by atoms with Crippen molar-refractivity contribution >= 4 is 39.4 Å². The number of carbonyl (C=O) groups excluding carboxylic acids is 1. The van der Waals surface area contributed by atoms with E-state index >= 15 is 0 Å². The summed E-state index contributed by atoms with van der Waals surface area (Å²) in [6, 6.07) is 9.89. The smallest absolute Gasteiger partial charge is 0.249 e. The maximum atomic E-state index is 12.0. The Balaban J connectivity index is 1.72. The molecule has 0 spiro atoms. The van der Waals surface area contributed by atoms with Crippen molar-refractivity contribution in [2.45, 2.75) is 19.9 Å². The molecule has 3 aromatic rings. The third kappa shape index (κ3) is 3.07. The number of anilines is 1. The van der Waals surface area contributed by atoms with E-state index in [0.29, 0.717) is 5.82 Å². The molecule has 0 saturated carbocycles. The van der Waals surface area contributed by atoms with Crippen LogP contribution in [0.2, 0.25) is 0 Å². The third-order valence-corrected chi connectivity index (χ3v) is 4.10. The first-order chi connectivity index (χ1) is 10.6. The molecule has 0 aliphatic rings. The minimum absolute atomic E-state index is 0.193. The lowest BCUT2D eigenvalue weighted by Crippen LogP contribution is -2.14. The summed E-state index contributed by atoms with van der Waals surface area (Å²) in [6.07, 6.45) is 4.90. The van der Waals surface area contributed by atoms with E-state index in [-0.39, 0.29) is 11.9 Å². The van der Waals surface area contributed by atoms with Gasteiger partial charge in [-0.1, -0.05) is 12.1 Å². The summed E-state index contributed by atoms with van der Waals surface area (Å²) in [7, 11) is 0. The zero-order valence-electron chi connectivity index (χ0n) is 12.4. The fourth-order valence-electron chi connectivity index (χ4n) is 2.10. The van der Waals surface area contributed by atoms with Crippen LogP contribution in [0, 0.1) is 0 Å². The van der Waals surface area contributed by atoms with Crippen molar-refractivity contribution in [3.8, 4) is 0 Å². The molecule has 6 heteroatoms. The van der Waals surface area contributed by atoms with E-state index in [9.17, 15) is 4.79 Å². The average Bonchev–Trinajstić information content (AvgIpc) is 3.10. The zero-order valence-corrected chi connectivity index (χ0v) is 13.2. The Morgan fingerprint density at radius 1 is 1.32 bits per heavy atom. The third-order valence-electron chi connectivity index (χ3n) is 3.10. The molecule has 0 aliphatic heterocycles. The summed E-state index contributed by atoms with van der Waals surface area (Å²) in [5.41, 5.74) is 0.949. The first-order valence-corrected chi connectivity index (χ1v) is 7.83. The van der Waals surface area contributed by atoms with Gasteiger partial charge in [0.15, 0.2) is 0 Å². The van der Waals surface area contributed by atoms with Gasteiger partial charge in [0.2, 0.25) is 5.91 Å². The highest BCUT2D eigenvalue weighted by Gasteiger charge is 2.07. The molecular weight excluding hydrogens is 296 g/mol. The van der Waals surface area contributed by atoms with Crippen LogP contribution >= 0.6 is 11.3 Å². The zero-order chi connectivity index (χ0) is 15.5. The highest BCUT2D eigenvalue weighted by Crippen LogP contribution is 2.22. The van der Waals surface area contributed by atoms with Crippen molar-refractivity contribution in [2.75, 3.05) is 5.32 Å². The number of amides is 1. The van der Waals surface area contributed by atoms with Crippen LogP contribution in [0.5, 0.6) is 0 Å². The normalized spacial score (nSPS) is 11.6. The highest BCUT2D eigenvalue weighted by molar-refractivity contribution is 7.19. The van der Waals surface area contributed by atoms with Crippen molar-refractivity contribution in [3.05, 3.63) is 47.6 Å². The predicted octanol–water partition coefficient (Wildman–Crippen LogP) is 3.73. The number of rotatable bonds is 4. The topological polar surface area (TPSA) is 59.8 Å². The number of nitrogens with zero attached hydrogens (tertiary/aromatic N) is 3. The van der Waals surface area contributed by atoms with Gasteiger partial charge in [-0.25, -0.2) is 9.67 Å².